The third kappa shape index (κ3) is 9.62. The average Bonchev–Trinajstić information content (AvgIpc) is 3.08. The van der Waals surface area contributed by atoms with Gasteiger partial charge < -0.3 is 10.4 Å². The van der Waals surface area contributed by atoms with Crippen LogP contribution in [0.3, 0.4) is 0 Å². The van der Waals surface area contributed by atoms with Gasteiger partial charge in [0.2, 0.25) is 0 Å². The number of hydrogen-bond donors (Lipinski definition) is 3. The topological polar surface area (TPSA) is 98.7 Å². The minimum atomic E-state index is -0.957. The molecule has 0 saturated heterocycles. The first kappa shape index (κ1) is 33.1. The van der Waals surface area contributed by atoms with Crippen molar-refractivity contribution in [3.63, 3.8) is 0 Å². The summed E-state index contributed by atoms with van der Waals surface area (Å²) in [5.41, 5.74) is 5.49. The molecule has 1 unspecified atom stereocenters. The molecule has 0 aliphatic heterocycles. The van der Waals surface area contributed by atoms with Crippen molar-refractivity contribution in [2.24, 2.45) is 0 Å². The second kappa shape index (κ2) is 16.9. The molecule has 0 saturated carbocycles. The van der Waals surface area contributed by atoms with Crippen molar-refractivity contribution in [2.75, 3.05) is 18.5 Å². The summed E-state index contributed by atoms with van der Waals surface area (Å²) in [6, 6.07) is 31.0. The van der Waals surface area contributed by atoms with Crippen molar-refractivity contribution in [1.29, 1.82) is 0 Å². The Labute approximate surface area is 266 Å². The van der Waals surface area contributed by atoms with Crippen molar-refractivity contribution in [3.05, 3.63) is 125 Å². The largest absolute Gasteiger partial charge is 0.480 e. The van der Waals surface area contributed by atoms with Gasteiger partial charge in [0.1, 0.15) is 6.04 Å². The maximum absolute atomic E-state index is 13.1. The van der Waals surface area contributed by atoms with Gasteiger partial charge in [0.05, 0.1) is 0 Å². The van der Waals surface area contributed by atoms with Crippen LogP contribution in [0.15, 0.2) is 103 Å². The van der Waals surface area contributed by atoms with Crippen molar-refractivity contribution < 1.29 is 19.5 Å². The molecule has 4 rings (SSSR count). The monoisotopic (exact) mass is 605 g/mol. The van der Waals surface area contributed by atoms with Crippen LogP contribution in [0.2, 0.25) is 0 Å². The van der Waals surface area contributed by atoms with Gasteiger partial charge in [-0.05, 0) is 47.2 Å². The van der Waals surface area contributed by atoms with Gasteiger partial charge >= 0.3 is 12.0 Å². The van der Waals surface area contributed by atoms with Gasteiger partial charge in [-0.3, -0.25) is 19.8 Å². The maximum atomic E-state index is 13.1. The van der Waals surface area contributed by atoms with Gasteiger partial charge in [0, 0.05) is 37.0 Å². The number of urea groups is 1. The highest BCUT2D eigenvalue weighted by Gasteiger charge is 2.20. The van der Waals surface area contributed by atoms with Crippen molar-refractivity contribution >= 4 is 23.5 Å². The molecule has 0 fully saturated rings. The standard InChI is InChI=1S/C38H43N3O4/c1-3-4-5-6-12-24-39-38(45)41(2)33-18-13-17-31(26-33)29-22-20-28(21-23-29)25-35(37(43)44)40-27-32-16-10-11-19-34(32)36(42)30-14-8-7-9-15-30/h7-11,13-23,26,35,40H,3-6,12,24-25,27H2,1-2H3,(H,39,45)(H,43,44). The molecule has 4 aromatic carbocycles. The van der Waals surface area contributed by atoms with Gasteiger partial charge in [-0.2, -0.15) is 0 Å². The lowest BCUT2D eigenvalue weighted by Crippen LogP contribution is -2.38. The molecule has 0 aromatic heterocycles. The molecule has 2 amide bonds. The van der Waals surface area contributed by atoms with Crippen LogP contribution in [0.4, 0.5) is 10.5 Å². The Morgan fingerprint density at radius 1 is 0.778 bits per heavy atom. The van der Waals surface area contributed by atoms with Gasteiger partial charge in [0.25, 0.3) is 0 Å². The third-order valence-electron chi connectivity index (χ3n) is 7.96. The van der Waals surface area contributed by atoms with Gasteiger partial charge in [-0.25, -0.2) is 4.79 Å². The predicted molar refractivity (Wildman–Crippen MR) is 181 cm³/mol. The fraction of sp³-hybridized carbons (Fsp3) is 0.289. The van der Waals surface area contributed by atoms with Crippen LogP contribution in [0.1, 0.15) is 66.1 Å². The molecule has 0 aliphatic rings. The highest BCUT2D eigenvalue weighted by Crippen LogP contribution is 2.25. The number of carbonyl (C=O) groups excluding carboxylic acids is 2. The van der Waals surface area contributed by atoms with Crippen molar-refractivity contribution in [3.8, 4) is 11.1 Å². The molecule has 234 valence electrons. The van der Waals surface area contributed by atoms with Crippen molar-refractivity contribution in [1.82, 2.24) is 10.6 Å². The highest BCUT2D eigenvalue weighted by molar-refractivity contribution is 6.09. The summed E-state index contributed by atoms with van der Waals surface area (Å²) in [6.45, 7) is 3.10. The zero-order chi connectivity index (χ0) is 32.0. The quantitative estimate of drug-likeness (QED) is 0.0908. The molecule has 0 aliphatic carbocycles. The summed E-state index contributed by atoms with van der Waals surface area (Å²) < 4.78 is 0. The summed E-state index contributed by atoms with van der Waals surface area (Å²) in [6.07, 6.45) is 6.01. The molecular formula is C38H43N3O4. The van der Waals surface area contributed by atoms with Crippen LogP contribution in [0.5, 0.6) is 0 Å². The number of amides is 2. The predicted octanol–water partition coefficient (Wildman–Crippen LogP) is 7.49. The lowest BCUT2D eigenvalue weighted by Gasteiger charge is -2.19. The number of nitrogens with one attached hydrogen (secondary N) is 2. The molecular weight excluding hydrogens is 562 g/mol. The number of nitrogens with zero attached hydrogens (tertiary/aromatic N) is 1. The number of rotatable bonds is 16. The number of benzene rings is 4. The van der Waals surface area contributed by atoms with Crippen molar-refractivity contribution in [2.45, 2.75) is 58.0 Å². The van der Waals surface area contributed by atoms with Gasteiger partial charge in [-0.15, -0.1) is 0 Å². The molecule has 0 heterocycles. The first-order valence-electron chi connectivity index (χ1n) is 15.7. The minimum Gasteiger partial charge on any atom is -0.480 e. The van der Waals surface area contributed by atoms with E-state index in [2.05, 4.69) is 17.6 Å². The molecule has 0 spiro atoms. The normalized spacial score (nSPS) is 11.5. The first-order valence-corrected chi connectivity index (χ1v) is 15.7. The number of ketones is 1. The van der Waals surface area contributed by atoms with E-state index in [0.29, 0.717) is 17.7 Å². The molecule has 4 aromatic rings. The Hall–Kier alpha value is -4.75. The Kier molecular flexibility index (Phi) is 12.5. The Morgan fingerprint density at radius 2 is 1.49 bits per heavy atom. The van der Waals surface area contributed by atoms with E-state index >= 15 is 0 Å². The van der Waals surface area contributed by atoms with E-state index < -0.39 is 12.0 Å². The molecule has 3 N–H and O–H groups in total. The second-order valence-corrected chi connectivity index (χ2v) is 11.3. The maximum Gasteiger partial charge on any atom is 0.321 e. The van der Waals surface area contributed by atoms with Crippen LogP contribution >= 0.6 is 0 Å². The molecule has 0 bridgehead atoms. The SMILES string of the molecule is CCCCCCCNC(=O)N(C)c1cccc(-c2ccc(CC(NCc3ccccc3C(=O)c3ccccc3)C(=O)O)cc2)c1. The summed E-state index contributed by atoms with van der Waals surface area (Å²) >= 11 is 0. The molecule has 0 radical (unpaired) electrons. The lowest BCUT2D eigenvalue weighted by atomic mass is 9.97. The summed E-state index contributed by atoms with van der Waals surface area (Å²) in [5, 5.41) is 16.1. The van der Waals surface area contributed by atoms with E-state index in [1.165, 1.54) is 19.3 Å². The zero-order valence-corrected chi connectivity index (χ0v) is 26.2. The zero-order valence-electron chi connectivity index (χ0n) is 26.2. The highest BCUT2D eigenvalue weighted by atomic mass is 16.4. The molecule has 7 heteroatoms. The summed E-state index contributed by atoms with van der Waals surface area (Å²) in [4.78, 5) is 39.6. The number of unbranched alkanes of at least 4 members (excludes halogenated alkanes) is 4. The second-order valence-electron chi connectivity index (χ2n) is 11.3. The van der Waals surface area contributed by atoms with E-state index in [-0.39, 0.29) is 24.8 Å². The number of hydrogen-bond acceptors (Lipinski definition) is 4. The summed E-state index contributed by atoms with van der Waals surface area (Å²) in [7, 11) is 1.77. The summed E-state index contributed by atoms with van der Waals surface area (Å²) in [5.74, 6) is -1.05. The van der Waals surface area contributed by atoms with Crippen LogP contribution in [-0.4, -0.2) is 42.5 Å². The van der Waals surface area contributed by atoms with Crippen LogP contribution in [0, 0.1) is 0 Å². The number of carboxylic acid groups (broad SMARTS) is 1. The van der Waals surface area contributed by atoms with E-state index in [0.717, 1.165) is 40.8 Å². The number of carboxylic acids is 1. The lowest BCUT2D eigenvalue weighted by molar-refractivity contribution is -0.139. The van der Waals surface area contributed by atoms with Gasteiger partial charge in [-0.1, -0.05) is 124 Å². The fourth-order valence-corrected chi connectivity index (χ4v) is 5.24. The fourth-order valence-electron chi connectivity index (χ4n) is 5.24. The Bertz CT molecular complexity index is 1550. The smallest absolute Gasteiger partial charge is 0.321 e. The van der Waals surface area contributed by atoms with E-state index in [1.807, 2.05) is 84.9 Å². The average molecular weight is 606 g/mol. The molecule has 1 atom stereocenters. The Balaban J connectivity index is 1.36. The van der Waals surface area contributed by atoms with Gasteiger partial charge in [0.15, 0.2) is 5.78 Å². The first-order chi connectivity index (χ1) is 21.9. The molecule has 7 nitrogen and oxygen atoms in total. The number of aliphatic carboxylic acids is 1. The van der Waals surface area contributed by atoms with E-state index in [1.54, 1.807) is 30.1 Å². The molecule has 45 heavy (non-hydrogen) atoms. The number of anilines is 1. The van der Waals surface area contributed by atoms with Crippen LogP contribution in [0.25, 0.3) is 11.1 Å². The third-order valence-corrected chi connectivity index (χ3v) is 7.96. The van der Waals surface area contributed by atoms with Crippen LogP contribution < -0.4 is 15.5 Å². The van der Waals surface area contributed by atoms with Crippen LogP contribution in [-0.2, 0) is 17.8 Å². The Morgan fingerprint density at radius 3 is 2.22 bits per heavy atom. The van der Waals surface area contributed by atoms with E-state index in [4.69, 9.17) is 0 Å². The minimum absolute atomic E-state index is 0.0934. The van der Waals surface area contributed by atoms with E-state index in [9.17, 15) is 19.5 Å². The number of carbonyl (C=O) groups is 3.